The fraction of sp³-hybridized carbons (Fsp3) is 0.333. The summed E-state index contributed by atoms with van der Waals surface area (Å²) in [6.45, 7) is 3.88. The van der Waals surface area contributed by atoms with E-state index in [1.807, 2.05) is 13.8 Å². The molecule has 0 amide bonds. The van der Waals surface area contributed by atoms with Crippen LogP contribution in [0.2, 0.25) is 0 Å². The largest absolute Gasteiger partial charge is 0.492 e. The van der Waals surface area contributed by atoms with E-state index in [1.165, 1.54) is 32.0 Å². The third kappa shape index (κ3) is 5.61. The molecule has 0 radical (unpaired) electrons. The second-order valence-electron chi connectivity index (χ2n) is 7.05. The smallest absolute Gasteiger partial charge is 0.325 e. The number of rotatable bonds is 10. The maximum atomic E-state index is 13.0. The molecule has 8 nitrogen and oxygen atoms in total. The summed E-state index contributed by atoms with van der Waals surface area (Å²) >= 11 is 1.26. The summed E-state index contributed by atoms with van der Waals surface area (Å²) in [7, 11) is 2.98. The van der Waals surface area contributed by atoms with E-state index in [0.717, 1.165) is 17.7 Å². The first kappa shape index (κ1) is 24.5. The number of carbonyl (C=O) groups excluding carboxylic acids is 1. The Hall–Kier alpha value is -3.17. The average Bonchev–Trinajstić information content (AvgIpc) is 2.82. The van der Waals surface area contributed by atoms with Crippen LogP contribution in [0.3, 0.4) is 0 Å². The van der Waals surface area contributed by atoms with Gasteiger partial charge < -0.3 is 29.1 Å². The molecule has 0 aliphatic heterocycles. The number of carbonyl (C=O) groups is 1. The molecule has 0 fully saturated rings. The molecule has 0 saturated carbocycles. The molecule has 33 heavy (non-hydrogen) atoms. The van der Waals surface area contributed by atoms with Crippen LogP contribution in [0.25, 0.3) is 11.0 Å². The van der Waals surface area contributed by atoms with Gasteiger partial charge in [0, 0.05) is 17.0 Å². The lowest BCUT2D eigenvalue weighted by Gasteiger charge is -2.20. The number of fused-ring (bicyclic) bond motifs is 1. The Balaban J connectivity index is 1.99. The first-order valence-electron chi connectivity index (χ1n) is 10.5. The van der Waals surface area contributed by atoms with Crippen LogP contribution in [0, 0.1) is 0 Å². The van der Waals surface area contributed by atoms with E-state index in [9.17, 15) is 9.59 Å². The first-order valence-corrected chi connectivity index (χ1v) is 11.3. The predicted octanol–water partition coefficient (Wildman–Crippen LogP) is 4.39. The molecule has 9 heteroatoms. The second kappa shape index (κ2) is 11.1. The topological polar surface area (TPSA) is 110 Å². The zero-order valence-corrected chi connectivity index (χ0v) is 19.8. The van der Waals surface area contributed by atoms with Gasteiger partial charge in [-0.25, -0.2) is 0 Å². The number of esters is 1. The number of ether oxygens (including phenoxy) is 4. The Morgan fingerprint density at radius 3 is 2.30 bits per heavy atom. The van der Waals surface area contributed by atoms with Gasteiger partial charge >= 0.3 is 5.97 Å². The normalized spacial score (nSPS) is 11.0. The summed E-state index contributed by atoms with van der Waals surface area (Å²) in [6.07, 6.45) is 1.62. The van der Waals surface area contributed by atoms with Crippen LogP contribution in [0.15, 0.2) is 55.6 Å². The molecule has 0 atom stereocenters. The number of methoxy groups -OCH3 is 2. The van der Waals surface area contributed by atoms with Gasteiger partial charge in [0.05, 0.1) is 26.9 Å². The Labute approximate surface area is 195 Å². The van der Waals surface area contributed by atoms with Gasteiger partial charge in [0.1, 0.15) is 16.7 Å². The van der Waals surface area contributed by atoms with E-state index in [4.69, 9.17) is 29.1 Å². The molecule has 0 aliphatic rings. The lowest BCUT2D eigenvalue weighted by molar-refractivity contribution is -0.132. The predicted molar refractivity (Wildman–Crippen MR) is 126 cm³/mol. The van der Waals surface area contributed by atoms with E-state index in [-0.39, 0.29) is 29.2 Å². The molecule has 3 rings (SSSR count). The van der Waals surface area contributed by atoms with Crippen molar-refractivity contribution < 1.29 is 28.2 Å². The van der Waals surface area contributed by atoms with Gasteiger partial charge in [0.25, 0.3) is 0 Å². The molecule has 2 N–H and O–H groups in total. The second-order valence-corrected chi connectivity index (χ2v) is 8.13. The van der Waals surface area contributed by atoms with Crippen LogP contribution in [0.5, 0.6) is 23.0 Å². The quantitative estimate of drug-likeness (QED) is 0.338. The van der Waals surface area contributed by atoms with Gasteiger partial charge in [-0.15, -0.1) is 0 Å². The van der Waals surface area contributed by atoms with Gasteiger partial charge in [-0.3, -0.25) is 9.59 Å². The van der Waals surface area contributed by atoms with Crippen molar-refractivity contribution in [2.45, 2.75) is 42.8 Å². The molecule has 0 aliphatic carbocycles. The van der Waals surface area contributed by atoms with Crippen LogP contribution in [-0.4, -0.2) is 32.8 Å². The number of hydrogen-bond donors (Lipinski definition) is 1. The molecular weight excluding hydrogens is 446 g/mol. The van der Waals surface area contributed by atoms with E-state index < -0.39 is 5.97 Å². The van der Waals surface area contributed by atoms with Crippen molar-refractivity contribution in [3.8, 4) is 23.0 Å². The average molecular weight is 474 g/mol. The minimum Gasteiger partial charge on any atom is -0.492 e. The van der Waals surface area contributed by atoms with Crippen molar-refractivity contribution in [2.24, 2.45) is 5.73 Å². The molecule has 1 heterocycles. The maximum absolute atomic E-state index is 13.0. The summed E-state index contributed by atoms with van der Waals surface area (Å²) in [5, 5.41) is 0.666. The molecule has 2 aromatic carbocycles. The fourth-order valence-corrected chi connectivity index (χ4v) is 4.05. The third-order valence-electron chi connectivity index (χ3n) is 4.92. The fourth-order valence-electron chi connectivity index (χ4n) is 3.25. The van der Waals surface area contributed by atoms with Gasteiger partial charge in [0.15, 0.2) is 22.0 Å². The Morgan fingerprint density at radius 1 is 1.06 bits per heavy atom. The minimum atomic E-state index is -0.522. The Kier molecular flexibility index (Phi) is 8.24. The number of hydrogen-bond acceptors (Lipinski definition) is 9. The van der Waals surface area contributed by atoms with Crippen molar-refractivity contribution in [3.05, 3.63) is 46.6 Å². The Bertz CT molecular complexity index is 1170. The molecule has 0 spiro atoms. The highest BCUT2D eigenvalue weighted by Gasteiger charge is 2.22. The molecule has 0 bridgehead atoms. The van der Waals surface area contributed by atoms with Gasteiger partial charge in [-0.1, -0.05) is 25.6 Å². The number of benzene rings is 2. The van der Waals surface area contributed by atoms with Crippen LogP contribution in [0.1, 0.15) is 26.7 Å². The SMILES string of the molecule is CCC(CC)Oc1cc2oc(Sc3ccc(OC(=O)CN)cc3)cc(=O)c2c(OC)c1OC. The van der Waals surface area contributed by atoms with Gasteiger partial charge in [0.2, 0.25) is 5.75 Å². The maximum Gasteiger partial charge on any atom is 0.325 e. The van der Waals surface area contributed by atoms with E-state index in [1.54, 1.807) is 30.3 Å². The monoisotopic (exact) mass is 473 g/mol. The first-order chi connectivity index (χ1) is 15.9. The molecule has 1 aromatic heterocycles. The molecule has 0 unspecified atom stereocenters. The van der Waals surface area contributed by atoms with Crippen LogP contribution >= 0.6 is 11.8 Å². The Morgan fingerprint density at radius 2 is 1.73 bits per heavy atom. The van der Waals surface area contributed by atoms with Gasteiger partial charge in [-0.2, -0.15) is 0 Å². The van der Waals surface area contributed by atoms with Crippen LogP contribution < -0.4 is 30.1 Å². The zero-order chi connectivity index (χ0) is 24.0. The molecular formula is C24H27NO7S. The van der Waals surface area contributed by atoms with E-state index in [2.05, 4.69) is 0 Å². The molecule has 0 saturated heterocycles. The van der Waals surface area contributed by atoms with Crippen molar-refractivity contribution in [1.29, 1.82) is 0 Å². The standard InChI is InChI=1S/C24H27NO7S/c1-5-14(6-2)30-19-12-18-22(24(29-4)23(19)28-3)17(26)11-21(32-18)33-16-9-7-15(8-10-16)31-20(27)13-25/h7-12,14H,5-6,13,25H2,1-4H3. The van der Waals surface area contributed by atoms with Crippen molar-refractivity contribution in [2.75, 3.05) is 20.8 Å². The van der Waals surface area contributed by atoms with E-state index in [0.29, 0.717) is 27.9 Å². The zero-order valence-electron chi connectivity index (χ0n) is 19.0. The summed E-state index contributed by atoms with van der Waals surface area (Å²) in [4.78, 5) is 25.1. The van der Waals surface area contributed by atoms with Crippen LogP contribution in [-0.2, 0) is 4.79 Å². The molecule has 3 aromatic rings. The summed E-state index contributed by atoms with van der Waals surface area (Å²) < 4.78 is 28.2. The highest BCUT2D eigenvalue weighted by atomic mass is 32.2. The van der Waals surface area contributed by atoms with E-state index >= 15 is 0 Å². The van der Waals surface area contributed by atoms with Gasteiger partial charge in [-0.05, 0) is 37.1 Å². The summed E-state index contributed by atoms with van der Waals surface area (Å²) in [6, 6.07) is 9.86. The third-order valence-corrected chi connectivity index (χ3v) is 5.83. The number of nitrogens with two attached hydrogens (primary N) is 1. The highest BCUT2D eigenvalue weighted by Crippen LogP contribution is 2.44. The highest BCUT2D eigenvalue weighted by molar-refractivity contribution is 7.99. The lowest BCUT2D eigenvalue weighted by atomic mass is 10.1. The van der Waals surface area contributed by atoms with Crippen molar-refractivity contribution >= 4 is 28.7 Å². The van der Waals surface area contributed by atoms with Crippen molar-refractivity contribution in [1.82, 2.24) is 0 Å². The molecule has 176 valence electrons. The summed E-state index contributed by atoms with van der Waals surface area (Å²) in [5.41, 5.74) is 5.32. The van der Waals surface area contributed by atoms with Crippen molar-refractivity contribution in [3.63, 3.8) is 0 Å². The van der Waals surface area contributed by atoms with Crippen LogP contribution in [0.4, 0.5) is 0 Å². The minimum absolute atomic E-state index is 0.0165. The lowest BCUT2D eigenvalue weighted by Crippen LogP contribution is -2.19. The summed E-state index contributed by atoms with van der Waals surface area (Å²) in [5.74, 6) is 0.938.